The van der Waals surface area contributed by atoms with E-state index in [9.17, 15) is 14.7 Å². The van der Waals surface area contributed by atoms with Crippen molar-refractivity contribution in [3.8, 4) is 23.0 Å². The Morgan fingerprint density at radius 2 is 0.696 bits per heavy atom. The van der Waals surface area contributed by atoms with Gasteiger partial charge in [0, 0.05) is 24.2 Å². The van der Waals surface area contributed by atoms with Crippen molar-refractivity contribution in [1.29, 1.82) is 0 Å². The fourth-order valence-corrected chi connectivity index (χ4v) is 19.3. The average molecular weight is 1560 g/mol. The Kier molecular flexibility index (Phi) is 26.8. The molecule has 0 amide bonds. The second-order valence-electron chi connectivity index (χ2n) is 28.6. The van der Waals surface area contributed by atoms with E-state index in [0.717, 1.165) is 56.4 Å². The summed E-state index contributed by atoms with van der Waals surface area (Å²) >= 11 is 0. The lowest BCUT2D eigenvalue weighted by molar-refractivity contribution is -0.0819. The van der Waals surface area contributed by atoms with E-state index in [1.54, 1.807) is 53.2 Å². The number of fused-ring (bicyclic) bond motifs is 2. The van der Waals surface area contributed by atoms with Crippen LogP contribution in [0, 0.1) is 0 Å². The maximum absolute atomic E-state index is 13.2. The summed E-state index contributed by atoms with van der Waals surface area (Å²) in [6, 6.07) is 91.4. The van der Waals surface area contributed by atoms with Crippen molar-refractivity contribution < 1.29 is 57.0 Å². The molecule has 20 nitrogen and oxygen atoms in total. The number of rotatable bonds is 36. The molecule has 0 fully saturated rings. The molecule has 0 saturated carbocycles. The van der Waals surface area contributed by atoms with Crippen molar-refractivity contribution in [2.45, 2.75) is 75.2 Å². The summed E-state index contributed by atoms with van der Waals surface area (Å²) in [5, 5.41) is 12.5. The van der Waals surface area contributed by atoms with Gasteiger partial charge in [0.2, 0.25) is 0 Å². The zero-order valence-corrected chi connectivity index (χ0v) is 66.6. The average Bonchev–Trinajstić information content (AvgIpc) is 1.69. The number of carbonyl (C=O) groups excluding carboxylic acids is 2. The number of carbonyl (C=O) groups is 2. The van der Waals surface area contributed by atoms with E-state index in [-0.39, 0.29) is 69.1 Å². The van der Waals surface area contributed by atoms with Gasteiger partial charge in [0.15, 0.2) is 22.9 Å². The molecular formula is C94H94N8O12Si. The highest BCUT2D eigenvalue weighted by atomic mass is 28.4. The van der Waals surface area contributed by atoms with Crippen LogP contribution in [0.5, 0.6) is 23.0 Å². The molecule has 115 heavy (non-hydrogen) atoms. The molecule has 21 heteroatoms. The van der Waals surface area contributed by atoms with Crippen LogP contribution in [-0.4, -0.2) is 144 Å². The van der Waals surface area contributed by atoms with E-state index < -0.39 is 31.7 Å². The SMILES string of the molecule is COc1ccc(C(OC[C@H](CO)OCCn2cnc3c(CC(=O)c4ccccc4)ncnc32)(c2ccccc2)c2ccc(OC)cc2)cc1.COc1ccc(C(OC[C@H](CO[Si](c2ccccc2)(c2ccccc2)C(C)(C)C)OCCn2cnc3c(CC(=O)c4ccccc4)ncnc32)(c2ccccc2)c2ccc(OC)cc2)cc1. The Morgan fingerprint density at radius 3 is 1.03 bits per heavy atom. The van der Waals surface area contributed by atoms with Gasteiger partial charge in [0.1, 0.15) is 70.1 Å². The van der Waals surface area contributed by atoms with Gasteiger partial charge in [-0.1, -0.05) is 251 Å². The van der Waals surface area contributed by atoms with Gasteiger partial charge in [0.05, 0.1) is 105 Å². The van der Waals surface area contributed by atoms with E-state index in [1.165, 1.54) is 23.0 Å². The second kappa shape index (κ2) is 38.1. The summed E-state index contributed by atoms with van der Waals surface area (Å²) in [5.41, 5.74) is 8.10. The van der Waals surface area contributed by atoms with Crippen LogP contribution in [0.15, 0.2) is 304 Å². The standard InChI is InChI=1S/C55H56N4O6Si.C39H38N4O6/c1-54(2,3)66(48-22-14-8-15-23-48,49-24-16-9-17-25-49)65-38-47(63-35-34-59-40-58-52-50(56-39-57-53(52)59)36-51(60)41-18-10-6-11-19-41)37-64-55(42-20-12-7-13-21-42,43-26-30-45(61-4)31-27-43)44-28-32-46(62-5)33-29-44;1-46-32-17-13-30(14-18-32)39(29-11-7-4-8-12-29,31-15-19-33(47-2)20-16-31)49-25-34(24-44)48-22-21-43-27-42-37-35(40-26-41-38(37)43)23-36(45)28-9-5-3-6-10-28/h6-33,39-40,47H,34-38H2,1-5H3;3-20,26-27,34,44H,21-25H2,1-2H3/t47-;34-/m10/s1. The topological polar surface area (TPSA) is 225 Å². The Morgan fingerprint density at radius 1 is 0.383 bits per heavy atom. The van der Waals surface area contributed by atoms with Gasteiger partial charge in [-0.3, -0.25) is 9.59 Å². The quantitative estimate of drug-likeness (QED) is 0.0219. The van der Waals surface area contributed by atoms with Crippen LogP contribution in [0.25, 0.3) is 22.3 Å². The van der Waals surface area contributed by atoms with E-state index >= 15 is 0 Å². The maximum atomic E-state index is 13.2. The zero-order valence-electron chi connectivity index (χ0n) is 65.6. The number of nitrogens with zero attached hydrogens (tertiary/aromatic N) is 8. The zero-order chi connectivity index (χ0) is 80.0. The molecule has 10 aromatic carbocycles. The Hall–Kier alpha value is -12.2. The first-order valence-corrected chi connectivity index (χ1v) is 40.1. The van der Waals surface area contributed by atoms with Gasteiger partial charge >= 0.3 is 0 Å². The van der Waals surface area contributed by atoms with Gasteiger partial charge in [-0.05, 0) is 97.3 Å². The van der Waals surface area contributed by atoms with Crippen LogP contribution in [0.1, 0.15) is 86.3 Å². The van der Waals surface area contributed by atoms with Crippen molar-refractivity contribution in [1.82, 2.24) is 39.0 Å². The van der Waals surface area contributed by atoms with Gasteiger partial charge in [-0.15, -0.1) is 0 Å². The maximum Gasteiger partial charge on any atom is 0.261 e. The highest BCUT2D eigenvalue weighted by Crippen LogP contribution is 2.45. The third-order valence-corrected chi connectivity index (χ3v) is 25.6. The predicted octanol–water partition coefficient (Wildman–Crippen LogP) is 14.9. The molecule has 4 aromatic heterocycles. The molecule has 0 bridgehead atoms. The highest BCUT2D eigenvalue weighted by molar-refractivity contribution is 6.99. The van der Waals surface area contributed by atoms with Crippen LogP contribution in [0.3, 0.4) is 0 Å². The highest BCUT2D eigenvalue weighted by Gasteiger charge is 2.51. The molecule has 0 unspecified atom stereocenters. The van der Waals surface area contributed by atoms with Crippen molar-refractivity contribution in [3.63, 3.8) is 0 Å². The molecule has 4 heterocycles. The number of ether oxygens (including phenoxy) is 8. The first kappa shape index (κ1) is 80.9. The first-order valence-electron chi connectivity index (χ1n) is 38.2. The summed E-state index contributed by atoms with van der Waals surface area (Å²) in [7, 11) is 3.60. The Balaban J connectivity index is 0.000000209. The molecule has 0 saturated heterocycles. The minimum Gasteiger partial charge on any atom is -0.497 e. The smallest absolute Gasteiger partial charge is 0.261 e. The first-order chi connectivity index (χ1) is 56.2. The Bertz CT molecular complexity index is 5260. The van der Waals surface area contributed by atoms with Crippen LogP contribution < -0.4 is 29.3 Å². The molecule has 0 spiro atoms. The summed E-state index contributed by atoms with van der Waals surface area (Å²) in [6.45, 7) is 8.42. The van der Waals surface area contributed by atoms with Crippen molar-refractivity contribution in [2.75, 3.05) is 68.1 Å². The number of benzene rings is 10. The minimum absolute atomic E-state index is 0.0342. The van der Waals surface area contributed by atoms with E-state index in [4.69, 9.17) is 42.3 Å². The molecule has 586 valence electrons. The second-order valence-corrected chi connectivity index (χ2v) is 32.9. The third-order valence-electron chi connectivity index (χ3n) is 20.6. The molecular weight excluding hydrogens is 1460 g/mol. The number of aliphatic hydroxyl groups excluding tert-OH is 1. The number of aromatic nitrogens is 8. The van der Waals surface area contributed by atoms with Gasteiger partial charge < -0.3 is 56.6 Å². The van der Waals surface area contributed by atoms with Crippen molar-refractivity contribution in [2.24, 2.45) is 0 Å². The number of imidazole rings is 2. The van der Waals surface area contributed by atoms with Crippen LogP contribution in [0.2, 0.25) is 5.04 Å². The molecule has 14 aromatic rings. The minimum atomic E-state index is -3.00. The monoisotopic (exact) mass is 1550 g/mol. The van der Waals surface area contributed by atoms with Gasteiger partial charge in [-0.2, -0.15) is 0 Å². The van der Waals surface area contributed by atoms with Crippen LogP contribution in [-0.2, 0) is 60.5 Å². The molecule has 0 radical (unpaired) electrons. The summed E-state index contributed by atoms with van der Waals surface area (Å²) in [6.07, 6.45) is 5.38. The largest absolute Gasteiger partial charge is 0.497 e. The van der Waals surface area contributed by atoms with Crippen molar-refractivity contribution >= 4 is 52.6 Å². The number of methoxy groups -OCH3 is 4. The number of Topliss-reactive ketones (excluding diaryl/α,β-unsaturated/α-hetero) is 2. The summed E-state index contributed by atoms with van der Waals surface area (Å²) in [4.78, 5) is 53.1. The lowest BCUT2D eigenvalue weighted by atomic mass is 9.80. The predicted molar refractivity (Wildman–Crippen MR) is 446 cm³/mol. The Labute approximate surface area is 671 Å². The summed E-state index contributed by atoms with van der Waals surface area (Å²) in [5.74, 6) is 2.85. The van der Waals surface area contributed by atoms with E-state index in [2.05, 4.69) is 136 Å². The lowest BCUT2D eigenvalue weighted by Crippen LogP contribution is -2.67. The lowest BCUT2D eigenvalue weighted by Gasteiger charge is -2.44. The summed E-state index contributed by atoms with van der Waals surface area (Å²) < 4.78 is 60.9. The molecule has 0 aliphatic rings. The number of hydrogen-bond acceptors (Lipinski definition) is 18. The molecule has 1 N–H and O–H groups in total. The van der Waals surface area contributed by atoms with E-state index in [1.807, 2.05) is 191 Å². The number of ketones is 2. The van der Waals surface area contributed by atoms with Crippen LogP contribution in [0.4, 0.5) is 0 Å². The van der Waals surface area contributed by atoms with Gasteiger partial charge in [-0.25, -0.2) is 29.9 Å². The molecule has 14 rings (SSSR count). The van der Waals surface area contributed by atoms with Crippen molar-refractivity contribution in [3.05, 3.63) is 360 Å². The normalized spacial score (nSPS) is 12.3. The molecule has 0 aliphatic carbocycles. The number of aliphatic hydroxyl groups is 1. The molecule has 0 aliphatic heterocycles. The number of hydrogen-bond donors (Lipinski definition) is 1. The fourth-order valence-electron chi connectivity index (χ4n) is 14.7. The molecule has 2 atom stereocenters. The third kappa shape index (κ3) is 18.4. The van der Waals surface area contributed by atoms with Crippen LogP contribution >= 0.6 is 0 Å². The fraction of sp³-hybridized carbons (Fsp3) is 0.234. The van der Waals surface area contributed by atoms with E-state index in [0.29, 0.717) is 57.9 Å². The van der Waals surface area contributed by atoms with Gasteiger partial charge in [0.25, 0.3) is 8.32 Å².